The third-order valence-corrected chi connectivity index (χ3v) is 12.9. The minimum absolute atomic E-state index is 0. The van der Waals surface area contributed by atoms with Crippen LogP contribution in [0.4, 0.5) is 0 Å². The molecule has 4 heteroatoms. The van der Waals surface area contributed by atoms with E-state index in [1.54, 1.807) is 0 Å². The average Bonchev–Trinajstić information content (AvgIpc) is 2.50. The molecule has 0 saturated heterocycles. The Labute approximate surface area is 187 Å². The van der Waals surface area contributed by atoms with Crippen molar-refractivity contribution in [3.05, 3.63) is 83.4 Å². The van der Waals surface area contributed by atoms with Crippen molar-refractivity contribution in [2.75, 3.05) is 0 Å². The fourth-order valence-corrected chi connectivity index (χ4v) is 15.4. The van der Waals surface area contributed by atoms with Gasteiger partial charge in [0.1, 0.15) is 0 Å². The summed E-state index contributed by atoms with van der Waals surface area (Å²) in [5.74, 6) is 0.490. The topological polar surface area (TPSA) is 0 Å². The molecular formula is C22H32Li2Si2. The molecule has 2 aromatic rings. The molecule has 0 nitrogen and oxygen atoms in total. The van der Waals surface area contributed by atoms with Crippen LogP contribution >= 0.6 is 0 Å². The minimum Gasteiger partial charge on any atom is -0.346 e. The Bertz CT molecular complexity index is 602. The van der Waals surface area contributed by atoms with Gasteiger partial charge in [0.05, 0.1) is 0 Å². The minimum atomic E-state index is -1.36. The fraction of sp³-hybridized carbons (Fsp3) is 0.364. The summed E-state index contributed by atoms with van der Waals surface area (Å²) in [6.45, 7) is 15.1. The summed E-state index contributed by atoms with van der Waals surface area (Å²) in [6.07, 6.45) is 3.61. The van der Waals surface area contributed by atoms with E-state index >= 15 is 0 Å². The molecule has 0 bridgehead atoms. The van der Waals surface area contributed by atoms with Gasteiger partial charge in [-0.15, -0.1) is 21.7 Å². The van der Waals surface area contributed by atoms with Crippen molar-refractivity contribution in [2.45, 2.75) is 51.6 Å². The summed E-state index contributed by atoms with van der Waals surface area (Å²) >= 11 is 0. The Balaban J connectivity index is 0.00000312. The van der Waals surface area contributed by atoms with E-state index in [1.165, 1.54) is 11.1 Å². The molecule has 2 aromatic carbocycles. The van der Waals surface area contributed by atoms with Crippen LogP contribution in [0.2, 0.25) is 39.3 Å². The molecule has 0 amide bonds. The number of hydrogen-bond donors (Lipinski definition) is 0. The zero-order chi connectivity index (χ0) is 17.8. The molecule has 26 heavy (non-hydrogen) atoms. The molecule has 2 rings (SSSR count). The average molecular weight is 367 g/mol. The van der Waals surface area contributed by atoms with Crippen molar-refractivity contribution in [2.24, 2.45) is 0 Å². The molecule has 0 aliphatic heterocycles. The van der Waals surface area contributed by atoms with E-state index in [2.05, 4.69) is 106 Å². The Kier molecular flexibility index (Phi) is 11.2. The van der Waals surface area contributed by atoms with E-state index in [-0.39, 0.29) is 37.7 Å². The van der Waals surface area contributed by atoms with Crippen LogP contribution in [0.1, 0.15) is 17.0 Å². The van der Waals surface area contributed by atoms with Gasteiger partial charge in [-0.25, -0.2) is 0 Å². The number of rotatable bonds is 7. The predicted octanol–water partition coefficient (Wildman–Crippen LogP) is 0.554. The first kappa shape index (κ1) is 26.1. The molecule has 130 valence electrons. The summed E-state index contributed by atoms with van der Waals surface area (Å²) in [6, 6.07) is 22.0. The molecule has 0 aromatic heterocycles. The van der Waals surface area contributed by atoms with Crippen molar-refractivity contribution >= 4 is 16.1 Å². The van der Waals surface area contributed by atoms with Crippen LogP contribution in [0.25, 0.3) is 0 Å². The summed E-state index contributed by atoms with van der Waals surface area (Å²) in [7, 11) is -2.72. The van der Waals surface area contributed by atoms with E-state index in [0.717, 1.165) is 6.42 Å². The zero-order valence-electron chi connectivity index (χ0n) is 18.1. The van der Waals surface area contributed by atoms with Crippen molar-refractivity contribution in [3.8, 4) is 0 Å². The van der Waals surface area contributed by atoms with Gasteiger partial charge in [0.15, 0.2) is 0 Å². The smallest absolute Gasteiger partial charge is 0.346 e. The first-order chi connectivity index (χ1) is 11.2. The summed E-state index contributed by atoms with van der Waals surface area (Å²) < 4.78 is 0. The normalized spacial score (nSPS) is 12.9. The largest absolute Gasteiger partial charge is 1.00 e. The van der Waals surface area contributed by atoms with E-state index < -0.39 is 16.1 Å². The monoisotopic (exact) mass is 366 g/mol. The second kappa shape index (κ2) is 11.2. The molecule has 0 aliphatic carbocycles. The summed E-state index contributed by atoms with van der Waals surface area (Å²) in [5.41, 5.74) is 2.87. The SMILES string of the molecule is C[Si](C)(C)[C-](C([CH-]Cc1ccccc1)c1ccccc1)[Si](C)(C)C.[Li+].[Li+]. The maximum absolute atomic E-state index is 2.57. The van der Waals surface area contributed by atoms with Crippen LogP contribution < -0.4 is 37.7 Å². The first-order valence-electron chi connectivity index (χ1n) is 8.99. The van der Waals surface area contributed by atoms with E-state index in [9.17, 15) is 0 Å². The molecule has 1 unspecified atom stereocenters. The third-order valence-electron chi connectivity index (χ3n) is 4.52. The maximum atomic E-state index is 2.57. The maximum Gasteiger partial charge on any atom is 1.00 e. The molecule has 0 saturated carbocycles. The van der Waals surface area contributed by atoms with Gasteiger partial charge in [-0.2, -0.15) is 6.42 Å². The predicted molar refractivity (Wildman–Crippen MR) is 114 cm³/mol. The van der Waals surface area contributed by atoms with Gasteiger partial charge in [-0.1, -0.05) is 106 Å². The van der Waals surface area contributed by atoms with Crippen molar-refractivity contribution in [1.82, 2.24) is 0 Å². The van der Waals surface area contributed by atoms with Gasteiger partial charge in [0, 0.05) is 0 Å². The first-order valence-corrected chi connectivity index (χ1v) is 16.0. The van der Waals surface area contributed by atoms with Crippen molar-refractivity contribution in [1.29, 1.82) is 0 Å². The van der Waals surface area contributed by atoms with Gasteiger partial charge in [-0.3, -0.25) is 5.92 Å². The fourth-order valence-electron chi connectivity index (χ4n) is 4.01. The van der Waals surface area contributed by atoms with Crippen LogP contribution in [0, 0.1) is 11.6 Å². The van der Waals surface area contributed by atoms with Gasteiger partial charge in [0.2, 0.25) is 0 Å². The molecule has 0 radical (unpaired) electrons. The number of hydrogen-bond acceptors (Lipinski definition) is 0. The quantitative estimate of drug-likeness (QED) is 0.496. The van der Waals surface area contributed by atoms with E-state index in [0.29, 0.717) is 5.92 Å². The standard InChI is InChI=1S/C22H32Si2.2Li/c1-23(2,3)22(24(4,5)6)21(20-15-11-8-12-16-20)18-17-19-13-9-7-10-14-19;;/h7-16,18,21H,17H2,1-6H3;;/q-2;2*+1. The third kappa shape index (κ3) is 7.59. The van der Waals surface area contributed by atoms with Crippen LogP contribution in [0.15, 0.2) is 60.7 Å². The van der Waals surface area contributed by atoms with Crippen molar-refractivity contribution in [3.63, 3.8) is 0 Å². The summed E-state index contributed by atoms with van der Waals surface area (Å²) in [4.78, 5) is 0. The van der Waals surface area contributed by atoms with Gasteiger partial charge >= 0.3 is 37.7 Å². The van der Waals surface area contributed by atoms with E-state index in [4.69, 9.17) is 0 Å². The second-order valence-electron chi connectivity index (χ2n) is 8.73. The van der Waals surface area contributed by atoms with Crippen LogP contribution in [-0.4, -0.2) is 16.1 Å². The van der Waals surface area contributed by atoms with Gasteiger partial charge in [0.25, 0.3) is 0 Å². The Morgan fingerprint density at radius 1 is 0.731 bits per heavy atom. The van der Waals surface area contributed by atoms with Crippen LogP contribution in [0.3, 0.4) is 0 Å². The molecule has 0 heterocycles. The van der Waals surface area contributed by atoms with Crippen LogP contribution in [0.5, 0.6) is 0 Å². The second-order valence-corrected chi connectivity index (χ2v) is 19.3. The van der Waals surface area contributed by atoms with E-state index in [1.807, 2.05) is 5.16 Å². The zero-order valence-corrected chi connectivity index (χ0v) is 20.1. The molecule has 0 spiro atoms. The molecule has 0 aliphatic rings. The Morgan fingerprint density at radius 2 is 1.15 bits per heavy atom. The van der Waals surface area contributed by atoms with Crippen LogP contribution in [-0.2, 0) is 6.42 Å². The number of benzene rings is 2. The summed E-state index contributed by atoms with van der Waals surface area (Å²) in [5, 5.41) is 1.87. The molecule has 0 fully saturated rings. The van der Waals surface area contributed by atoms with Crippen molar-refractivity contribution < 1.29 is 37.7 Å². The molecule has 1 atom stereocenters. The Morgan fingerprint density at radius 3 is 1.58 bits per heavy atom. The molecular weight excluding hydrogens is 334 g/mol. The van der Waals surface area contributed by atoms with Gasteiger partial charge < -0.3 is 11.6 Å². The molecule has 0 N–H and O–H groups in total. The van der Waals surface area contributed by atoms with Gasteiger partial charge in [-0.05, 0) is 0 Å². The Hall–Kier alpha value is 0.0686.